The van der Waals surface area contributed by atoms with Crippen LogP contribution < -0.4 is 5.32 Å². The molecule has 0 aliphatic heterocycles. The summed E-state index contributed by atoms with van der Waals surface area (Å²) in [5.74, 6) is 1.22. The van der Waals surface area contributed by atoms with Crippen LogP contribution in [0, 0.1) is 5.92 Å². The second-order valence-corrected chi connectivity index (χ2v) is 8.03. The summed E-state index contributed by atoms with van der Waals surface area (Å²) in [5.41, 5.74) is -0.378. The fourth-order valence-corrected chi connectivity index (χ4v) is 4.26. The fourth-order valence-electron chi connectivity index (χ4n) is 2.94. The lowest BCUT2D eigenvalue weighted by atomic mass is 9.83. The highest BCUT2D eigenvalue weighted by molar-refractivity contribution is 8.00. The third-order valence-corrected chi connectivity index (χ3v) is 5.15. The molecule has 1 N–H and O–H groups in total. The molecule has 0 aromatic rings. The zero-order chi connectivity index (χ0) is 15.2. The Morgan fingerprint density at radius 1 is 1.35 bits per heavy atom. The van der Waals surface area contributed by atoms with E-state index in [1.165, 1.54) is 32.1 Å². The summed E-state index contributed by atoms with van der Waals surface area (Å²) in [6.45, 7) is 8.02. The first-order valence-electron chi connectivity index (χ1n) is 7.86. The third kappa shape index (κ3) is 6.49. The van der Waals surface area contributed by atoms with Crippen molar-refractivity contribution in [1.29, 1.82) is 0 Å². The van der Waals surface area contributed by atoms with Gasteiger partial charge in [-0.3, -0.25) is 4.79 Å². The van der Waals surface area contributed by atoms with E-state index in [-0.39, 0.29) is 11.6 Å². The molecule has 3 nitrogen and oxygen atoms in total. The summed E-state index contributed by atoms with van der Waals surface area (Å²) >= 11 is 1.77. The maximum Gasteiger partial charge on any atom is 0.316 e. The molecule has 1 aliphatic carbocycles. The van der Waals surface area contributed by atoms with Gasteiger partial charge in [-0.15, -0.1) is 11.8 Å². The molecule has 1 fully saturated rings. The lowest BCUT2D eigenvalue weighted by molar-refractivity contribution is -0.151. The van der Waals surface area contributed by atoms with Gasteiger partial charge in [0.25, 0.3) is 0 Å². The average Bonchev–Trinajstić information content (AvgIpc) is 2.35. The van der Waals surface area contributed by atoms with Crippen molar-refractivity contribution in [1.82, 2.24) is 5.32 Å². The normalized spacial score (nSPS) is 27.4. The first-order valence-corrected chi connectivity index (χ1v) is 8.91. The summed E-state index contributed by atoms with van der Waals surface area (Å²) < 4.78 is 5.39. The summed E-state index contributed by atoms with van der Waals surface area (Å²) in [6.07, 6.45) is 6.36. The molecule has 1 saturated carbocycles. The molecular weight excluding hydrogens is 270 g/mol. The van der Waals surface area contributed by atoms with Gasteiger partial charge in [0.05, 0.1) is 5.75 Å². The van der Waals surface area contributed by atoms with Gasteiger partial charge >= 0.3 is 5.97 Å². The standard InChI is InChI=1S/C16H31NO2S/c1-6-7-12-8-9-13(17-5)14(10-12)20-11-15(18)19-16(2,3)4/h12-14,17H,6-11H2,1-5H3. The summed E-state index contributed by atoms with van der Waals surface area (Å²) in [4.78, 5) is 11.8. The third-order valence-electron chi connectivity index (χ3n) is 3.80. The molecule has 0 saturated heterocycles. The van der Waals surface area contributed by atoms with Crippen molar-refractivity contribution in [2.75, 3.05) is 12.8 Å². The average molecular weight is 301 g/mol. The van der Waals surface area contributed by atoms with Crippen LogP contribution in [0.3, 0.4) is 0 Å². The predicted molar refractivity (Wildman–Crippen MR) is 87.2 cm³/mol. The number of nitrogens with one attached hydrogen (secondary N) is 1. The van der Waals surface area contributed by atoms with Crippen molar-refractivity contribution >= 4 is 17.7 Å². The van der Waals surface area contributed by atoms with Crippen LogP contribution in [0.1, 0.15) is 59.8 Å². The second kappa shape index (κ2) is 8.28. The first-order chi connectivity index (χ1) is 9.35. The maximum absolute atomic E-state index is 11.8. The highest BCUT2D eigenvalue weighted by Crippen LogP contribution is 2.34. The molecule has 1 aliphatic rings. The van der Waals surface area contributed by atoms with Crippen LogP contribution in [0.4, 0.5) is 0 Å². The zero-order valence-electron chi connectivity index (χ0n) is 13.7. The largest absolute Gasteiger partial charge is 0.459 e. The number of esters is 1. The number of rotatable bonds is 6. The Labute approximate surface area is 128 Å². The van der Waals surface area contributed by atoms with Gasteiger partial charge in [0.15, 0.2) is 0 Å². The summed E-state index contributed by atoms with van der Waals surface area (Å²) in [6, 6.07) is 0.538. The Bertz CT molecular complexity index is 301. The van der Waals surface area contributed by atoms with Gasteiger partial charge in [0.2, 0.25) is 0 Å². The first kappa shape index (κ1) is 17.8. The Morgan fingerprint density at radius 2 is 2.05 bits per heavy atom. The van der Waals surface area contributed by atoms with E-state index in [1.807, 2.05) is 27.8 Å². The van der Waals surface area contributed by atoms with Gasteiger partial charge < -0.3 is 10.1 Å². The van der Waals surface area contributed by atoms with Crippen molar-refractivity contribution in [3.8, 4) is 0 Å². The van der Waals surface area contributed by atoms with Gasteiger partial charge in [-0.2, -0.15) is 0 Å². The van der Waals surface area contributed by atoms with Crippen LogP contribution in [0.15, 0.2) is 0 Å². The van der Waals surface area contributed by atoms with Crippen LogP contribution in [0.5, 0.6) is 0 Å². The highest BCUT2D eigenvalue weighted by Gasteiger charge is 2.30. The Balaban J connectivity index is 2.43. The van der Waals surface area contributed by atoms with Gasteiger partial charge in [0, 0.05) is 11.3 Å². The molecule has 0 spiro atoms. The predicted octanol–water partition coefficient (Wildman–Crippen LogP) is 3.62. The van der Waals surface area contributed by atoms with Crippen LogP contribution in [-0.4, -0.2) is 35.7 Å². The summed E-state index contributed by atoms with van der Waals surface area (Å²) in [7, 11) is 2.03. The lowest BCUT2D eigenvalue weighted by Crippen LogP contribution is -2.41. The molecule has 0 radical (unpaired) electrons. The number of hydrogen-bond donors (Lipinski definition) is 1. The molecule has 3 unspecified atom stereocenters. The molecular formula is C16H31NO2S. The van der Waals surface area contributed by atoms with E-state index < -0.39 is 0 Å². The molecule has 118 valence electrons. The Kier molecular flexibility index (Phi) is 7.38. The van der Waals surface area contributed by atoms with Crippen molar-refractivity contribution in [2.45, 2.75) is 76.7 Å². The SMILES string of the molecule is CCCC1CCC(NC)C(SCC(=O)OC(C)(C)C)C1. The highest BCUT2D eigenvalue weighted by atomic mass is 32.2. The van der Waals surface area contributed by atoms with Crippen LogP contribution in [0.2, 0.25) is 0 Å². The van der Waals surface area contributed by atoms with Crippen molar-refractivity contribution in [2.24, 2.45) is 5.92 Å². The topological polar surface area (TPSA) is 38.3 Å². The van der Waals surface area contributed by atoms with Gasteiger partial charge in [0.1, 0.15) is 5.60 Å². The van der Waals surface area contributed by atoms with Gasteiger partial charge in [-0.05, 0) is 53.0 Å². The quantitative estimate of drug-likeness (QED) is 0.761. The number of thioether (sulfide) groups is 1. The number of hydrogen-bond acceptors (Lipinski definition) is 4. The Hall–Kier alpha value is -0.220. The number of ether oxygens (including phenoxy) is 1. The zero-order valence-corrected chi connectivity index (χ0v) is 14.5. The summed E-state index contributed by atoms with van der Waals surface area (Å²) in [5, 5.41) is 3.96. The van der Waals surface area contributed by atoms with E-state index in [1.54, 1.807) is 11.8 Å². The van der Waals surface area contributed by atoms with Gasteiger partial charge in [-0.1, -0.05) is 19.8 Å². The minimum atomic E-state index is -0.378. The van der Waals surface area contributed by atoms with Crippen molar-refractivity contribution in [3.05, 3.63) is 0 Å². The van der Waals surface area contributed by atoms with Crippen LogP contribution in [-0.2, 0) is 9.53 Å². The molecule has 0 aromatic carbocycles. The molecule has 4 heteroatoms. The number of carbonyl (C=O) groups excluding carboxylic acids is 1. The molecule has 20 heavy (non-hydrogen) atoms. The molecule has 0 heterocycles. The Morgan fingerprint density at radius 3 is 2.60 bits per heavy atom. The maximum atomic E-state index is 11.8. The molecule has 1 rings (SSSR count). The van der Waals surface area contributed by atoms with Crippen LogP contribution >= 0.6 is 11.8 Å². The van der Waals surface area contributed by atoms with E-state index in [0.29, 0.717) is 17.0 Å². The van der Waals surface area contributed by atoms with E-state index in [0.717, 1.165) is 5.92 Å². The molecule has 0 bridgehead atoms. The lowest BCUT2D eigenvalue weighted by Gasteiger charge is -2.35. The van der Waals surface area contributed by atoms with E-state index in [4.69, 9.17) is 4.74 Å². The molecule has 0 aromatic heterocycles. The van der Waals surface area contributed by atoms with Gasteiger partial charge in [-0.25, -0.2) is 0 Å². The van der Waals surface area contributed by atoms with Crippen molar-refractivity contribution in [3.63, 3.8) is 0 Å². The second-order valence-electron chi connectivity index (χ2n) is 6.80. The van der Waals surface area contributed by atoms with E-state index in [9.17, 15) is 4.79 Å². The minimum absolute atomic E-state index is 0.0880. The van der Waals surface area contributed by atoms with Crippen LogP contribution in [0.25, 0.3) is 0 Å². The van der Waals surface area contributed by atoms with Crippen molar-refractivity contribution < 1.29 is 9.53 Å². The fraction of sp³-hybridized carbons (Fsp3) is 0.938. The molecule has 0 amide bonds. The molecule has 3 atom stereocenters. The minimum Gasteiger partial charge on any atom is -0.459 e. The monoisotopic (exact) mass is 301 g/mol. The van der Waals surface area contributed by atoms with E-state index >= 15 is 0 Å². The van der Waals surface area contributed by atoms with E-state index in [2.05, 4.69) is 12.2 Å². The number of carbonyl (C=O) groups is 1. The smallest absolute Gasteiger partial charge is 0.316 e.